The molecule has 7 heteroatoms. The molecule has 2 aromatic rings. The SMILES string of the molecule is CC(C)C(CC(=O)NC(C)(C)CC(=O)O)NC(=O)OCC1c2ccccc2-c2ccccc21. The van der Waals surface area contributed by atoms with Gasteiger partial charge in [0, 0.05) is 23.9 Å². The van der Waals surface area contributed by atoms with Crippen molar-refractivity contribution in [2.45, 2.75) is 58.0 Å². The maximum absolute atomic E-state index is 12.6. The highest BCUT2D eigenvalue weighted by molar-refractivity contribution is 5.80. The Kier molecular flexibility index (Phi) is 7.41. The second-order valence-electron chi connectivity index (χ2n) is 9.53. The van der Waals surface area contributed by atoms with Crippen molar-refractivity contribution < 1.29 is 24.2 Å². The minimum absolute atomic E-state index is 0.0150. The minimum atomic E-state index is -0.988. The number of rotatable bonds is 9. The van der Waals surface area contributed by atoms with Gasteiger partial charge in [0.25, 0.3) is 0 Å². The second-order valence-corrected chi connectivity index (χ2v) is 9.53. The van der Waals surface area contributed by atoms with E-state index in [0.717, 1.165) is 22.3 Å². The van der Waals surface area contributed by atoms with Crippen LogP contribution in [0.5, 0.6) is 0 Å². The third-order valence-electron chi connectivity index (χ3n) is 5.93. The number of nitrogens with one attached hydrogen (secondary N) is 2. The topological polar surface area (TPSA) is 105 Å². The number of ether oxygens (including phenoxy) is 1. The normalized spacial score (nSPS) is 13.7. The number of hydrogen-bond acceptors (Lipinski definition) is 4. The van der Waals surface area contributed by atoms with Gasteiger partial charge < -0.3 is 20.5 Å². The lowest BCUT2D eigenvalue weighted by Gasteiger charge is -2.27. The Bertz CT molecular complexity index is 985. The average Bonchev–Trinajstić information content (AvgIpc) is 3.04. The van der Waals surface area contributed by atoms with E-state index in [1.54, 1.807) is 13.8 Å². The van der Waals surface area contributed by atoms with Crippen LogP contribution in [0.3, 0.4) is 0 Å². The van der Waals surface area contributed by atoms with Crippen molar-refractivity contribution in [2.75, 3.05) is 6.61 Å². The lowest BCUT2D eigenvalue weighted by molar-refractivity contribution is -0.138. The third-order valence-corrected chi connectivity index (χ3v) is 5.93. The zero-order valence-corrected chi connectivity index (χ0v) is 19.6. The molecule has 0 radical (unpaired) electrons. The number of carbonyl (C=O) groups is 3. The Labute approximate surface area is 194 Å². The molecule has 1 aliphatic rings. The van der Waals surface area contributed by atoms with Crippen LogP contribution >= 0.6 is 0 Å². The summed E-state index contributed by atoms with van der Waals surface area (Å²) in [6, 6.07) is 15.8. The summed E-state index contributed by atoms with van der Waals surface area (Å²) >= 11 is 0. The van der Waals surface area contributed by atoms with E-state index in [4.69, 9.17) is 9.84 Å². The monoisotopic (exact) mass is 452 g/mol. The molecule has 3 N–H and O–H groups in total. The Balaban J connectivity index is 1.60. The summed E-state index contributed by atoms with van der Waals surface area (Å²) in [4.78, 5) is 36.1. The van der Waals surface area contributed by atoms with Gasteiger partial charge in [0.1, 0.15) is 6.61 Å². The summed E-state index contributed by atoms with van der Waals surface area (Å²) in [5.74, 6) is -1.36. The van der Waals surface area contributed by atoms with Gasteiger partial charge in [-0.2, -0.15) is 0 Å². The zero-order valence-electron chi connectivity index (χ0n) is 19.6. The van der Waals surface area contributed by atoms with Crippen LogP contribution in [0, 0.1) is 5.92 Å². The van der Waals surface area contributed by atoms with E-state index in [-0.39, 0.29) is 37.2 Å². The van der Waals surface area contributed by atoms with E-state index in [1.165, 1.54) is 0 Å². The van der Waals surface area contributed by atoms with Crippen LogP contribution in [0.4, 0.5) is 4.79 Å². The Hall–Kier alpha value is -3.35. The molecule has 2 amide bonds. The summed E-state index contributed by atoms with van der Waals surface area (Å²) < 4.78 is 5.60. The molecule has 1 unspecified atom stereocenters. The molecular weight excluding hydrogens is 420 g/mol. The van der Waals surface area contributed by atoms with Gasteiger partial charge >= 0.3 is 12.1 Å². The Morgan fingerprint density at radius 2 is 1.55 bits per heavy atom. The van der Waals surface area contributed by atoms with Crippen LogP contribution < -0.4 is 10.6 Å². The molecule has 1 aliphatic carbocycles. The fourth-order valence-corrected chi connectivity index (χ4v) is 4.30. The number of hydrogen-bond donors (Lipinski definition) is 3. The van der Waals surface area contributed by atoms with Crippen molar-refractivity contribution in [1.82, 2.24) is 10.6 Å². The van der Waals surface area contributed by atoms with Crippen LogP contribution in [-0.2, 0) is 14.3 Å². The van der Waals surface area contributed by atoms with Crippen LogP contribution in [-0.4, -0.2) is 41.3 Å². The number of benzene rings is 2. The van der Waals surface area contributed by atoms with E-state index in [9.17, 15) is 14.4 Å². The van der Waals surface area contributed by atoms with Crippen LogP contribution in [0.2, 0.25) is 0 Å². The fraction of sp³-hybridized carbons (Fsp3) is 0.423. The fourth-order valence-electron chi connectivity index (χ4n) is 4.30. The first-order valence-corrected chi connectivity index (χ1v) is 11.2. The molecule has 0 saturated heterocycles. The van der Waals surface area contributed by atoms with Crippen molar-refractivity contribution in [2.24, 2.45) is 5.92 Å². The van der Waals surface area contributed by atoms with Crippen LogP contribution in [0.15, 0.2) is 48.5 Å². The minimum Gasteiger partial charge on any atom is -0.481 e. The average molecular weight is 453 g/mol. The van der Waals surface area contributed by atoms with E-state index in [1.807, 2.05) is 38.1 Å². The van der Waals surface area contributed by atoms with E-state index >= 15 is 0 Å². The van der Waals surface area contributed by atoms with Crippen molar-refractivity contribution in [3.05, 3.63) is 59.7 Å². The summed E-state index contributed by atoms with van der Waals surface area (Å²) in [5.41, 5.74) is 3.69. The standard InChI is InChI=1S/C26H32N2O5/c1-16(2)22(13-23(29)28-26(3,4)14-24(30)31)27-25(32)33-15-21-19-11-7-5-9-17(19)18-10-6-8-12-20(18)21/h5-12,16,21-22H,13-15H2,1-4H3,(H,27,32)(H,28,29)(H,30,31). The molecule has 176 valence electrons. The van der Waals surface area contributed by atoms with Crippen LogP contribution in [0.25, 0.3) is 11.1 Å². The molecule has 0 heterocycles. The highest BCUT2D eigenvalue weighted by Gasteiger charge is 2.30. The molecule has 1 atom stereocenters. The summed E-state index contributed by atoms with van der Waals surface area (Å²) in [6.45, 7) is 7.32. The second kappa shape index (κ2) is 10.1. The predicted octanol–water partition coefficient (Wildman–Crippen LogP) is 4.31. The molecule has 0 saturated carbocycles. The first-order chi connectivity index (χ1) is 15.6. The van der Waals surface area contributed by atoms with Gasteiger partial charge in [-0.3, -0.25) is 9.59 Å². The van der Waals surface area contributed by atoms with Gasteiger partial charge in [0.05, 0.1) is 6.42 Å². The molecule has 0 aromatic heterocycles. The summed E-state index contributed by atoms with van der Waals surface area (Å²) in [5, 5.41) is 14.5. The molecule has 0 bridgehead atoms. The summed E-state index contributed by atoms with van der Waals surface area (Å²) in [6.07, 6.45) is -0.733. The first-order valence-electron chi connectivity index (χ1n) is 11.2. The largest absolute Gasteiger partial charge is 0.481 e. The number of fused-ring (bicyclic) bond motifs is 3. The zero-order chi connectivity index (χ0) is 24.2. The van der Waals surface area contributed by atoms with Crippen molar-refractivity contribution in [1.29, 1.82) is 0 Å². The smallest absolute Gasteiger partial charge is 0.407 e. The molecule has 7 nitrogen and oxygen atoms in total. The quantitative estimate of drug-likeness (QED) is 0.526. The molecular formula is C26H32N2O5. The highest BCUT2D eigenvalue weighted by atomic mass is 16.5. The number of carbonyl (C=O) groups excluding carboxylic acids is 2. The van der Waals surface area contributed by atoms with Gasteiger partial charge in [0.15, 0.2) is 0 Å². The third kappa shape index (κ3) is 6.12. The van der Waals surface area contributed by atoms with Gasteiger partial charge in [-0.1, -0.05) is 62.4 Å². The van der Waals surface area contributed by atoms with Crippen molar-refractivity contribution in [3.63, 3.8) is 0 Å². The molecule has 33 heavy (non-hydrogen) atoms. The number of alkyl carbamates (subject to hydrolysis) is 1. The number of amides is 2. The number of carboxylic acids is 1. The van der Waals surface area contributed by atoms with Gasteiger partial charge in [-0.15, -0.1) is 0 Å². The Morgan fingerprint density at radius 3 is 2.06 bits per heavy atom. The van der Waals surface area contributed by atoms with Gasteiger partial charge in [0.2, 0.25) is 5.91 Å². The number of aliphatic carboxylic acids is 1. The van der Waals surface area contributed by atoms with E-state index < -0.39 is 23.6 Å². The molecule has 0 spiro atoms. The maximum atomic E-state index is 12.6. The lowest BCUT2D eigenvalue weighted by Crippen LogP contribution is -2.48. The lowest BCUT2D eigenvalue weighted by atomic mass is 9.97. The molecule has 0 aliphatic heterocycles. The highest BCUT2D eigenvalue weighted by Crippen LogP contribution is 2.44. The molecule has 0 fully saturated rings. The van der Waals surface area contributed by atoms with Crippen LogP contribution in [0.1, 0.15) is 57.6 Å². The van der Waals surface area contributed by atoms with E-state index in [2.05, 4.69) is 34.9 Å². The van der Waals surface area contributed by atoms with Gasteiger partial charge in [-0.05, 0) is 42.0 Å². The number of carboxylic acid groups (broad SMARTS) is 1. The van der Waals surface area contributed by atoms with Crippen molar-refractivity contribution >= 4 is 18.0 Å². The van der Waals surface area contributed by atoms with Gasteiger partial charge in [-0.25, -0.2) is 4.79 Å². The molecule has 2 aromatic carbocycles. The van der Waals surface area contributed by atoms with E-state index in [0.29, 0.717) is 0 Å². The first kappa shape index (κ1) is 24.3. The summed E-state index contributed by atoms with van der Waals surface area (Å²) in [7, 11) is 0. The molecule has 3 rings (SSSR count). The predicted molar refractivity (Wildman–Crippen MR) is 126 cm³/mol. The van der Waals surface area contributed by atoms with Crippen molar-refractivity contribution in [3.8, 4) is 11.1 Å². The Morgan fingerprint density at radius 1 is 1.00 bits per heavy atom. The maximum Gasteiger partial charge on any atom is 0.407 e.